The normalized spacial score (nSPS) is 10.3. The van der Waals surface area contributed by atoms with E-state index in [2.05, 4.69) is 37.0 Å². The standard InChI is InChI=1S/C16H19BrN4O3/c1-9-6-12(17)4-5-14(9)20-15(22)8-19-16(23)18-7-13-10(2)21-24-11(13)3/h4-6H,7-8H2,1-3H3,(H,20,22)(H2,18,19,23). The van der Waals surface area contributed by atoms with Crippen LogP contribution in [0.5, 0.6) is 0 Å². The van der Waals surface area contributed by atoms with Crippen LogP contribution in [0.1, 0.15) is 22.6 Å². The molecule has 0 saturated carbocycles. The molecule has 1 heterocycles. The monoisotopic (exact) mass is 394 g/mol. The molecule has 0 radical (unpaired) electrons. The van der Waals surface area contributed by atoms with Gasteiger partial charge in [0.15, 0.2) is 0 Å². The first-order chi connectivity index (χ1) is 11.4. The molecule has 0 saturated heterocycles. The highest BCUT2D eigenvalue weighted by Gasteiger charge is 2.11. The lowest BCUT2D eigenvalue weighted by atomic mass is 10.2. The van der Waals surface area contributed by atoms with Crippen LogP contribution in [0.2, 0.25) is 0 Å². The van der Waals surface area contributed by atoms with E-state index in [-0.39, 0.29) is 12.5 Å². The summed E-state index contributed by atoms with van der Waals surface area (Å²) in [7, 11) is 0. The minimum absolute atomic E-state index is 0.122. The third-order valence-electron chi connectivity index (χ3n) is 3.48. The second-order valence-electron chi connectivity index (χ2n) is 5.35. The molecule has 0 aliphatic heterocycles. The van der Waals surface area contributed by atoms with Gasteiger partial charge in [-0.3, -0.25) is 4.79 Å². The van der Waals surface area contributed by atoms with E-state index in [0.717, 1.165) is 21.3 Å². The summed E-state index contributed by atoms with van der Waals surface area (Å²) in [6.07, 6.45) is 0. The second kappa shape index (κ2) is 7.96. The van der Waals surface area contributed by atoms with Gasteiger partial charge < -0.3 is 20.5 Å². The molecule has 3 N–H and O–H groups in total. The molecular weight excluding hydrogens is 376 g/mol. The van der Waals surface area contributed by atoms with E-state index >= 15 is 0 Å². The topological polar surface area (TPSA) is 96.3 Å². The molecule has 2 rings (SSSR count). The number of hydrogen-bond donors (Lipinski definition) is 3. The number of carbonyl (C=O) groups excluding carboxylic acids is 2. The number of urea groups is 1. The first-order valence-electron chi connectivity index (χ1n) is 7.36. The van der Waals surface area contributed by atoms with E-state index in [4.69, 9.17) is 4.52 Å². The maximum absolute atomic E-state index is 11.9. The molecule has 0 fully saturated rings. The first kappa shape index (κ1) is 18.0. The van der Waals surface area contributed by atoms with Crippen LogP contribution in [0.25, 0.3) is 0 Å². The van der Waals surface area contributed by atoms with E-state index in [0.29, 0.717) is 18.0 Å². The summed E-state index contributed by atoms with van der Waals surface area (Å²) < 4.78 is 5.96. The molecule has 2 aromatic rings. The Morgan fingerprint density at radius 1 is 1.21 bits per heavy atom. The third kappa shape index (κ3) is 4.82. The molecule has 24 heavy (non-hydrogen) atoms. The Bertz CT molecular complexity index is 738. The van der Waals surface area contributed by atoms with E-state index < -0.39 is 6.03 Å². The fraction of sp³-hybridized carbons (Fsp3) is 0.312. The van der Waals surface area contributed by atoms with Crippen molar-refractivity contribution in [1.29, 1.82) is 0 Å². The van der Waals surface area contributed by atoms with Gasteiger partial charge in [-0.15, -0.1) is 0 Å². The molecule has 0 aliphatic carbocycles. The zero-order chi connectivity index (χ0) is 17.7. The first-order valence-corrected chi connectivity index (χ1v) is 8.15. The van der Waals surface area contributed by atoms with Crippen molar-refractivity contribution in [2.75, 3.05) is 11.9 Å². The van der Waals surface area contributed by atoms with Crippen LogP contribution < -0.4 is 16.0 Å². The van der Waals surface area contributed by atoms with Gasteiger partial charge in [0.1, 0.15) is 5.76 Å². The van der Waals surface area contributed by atoms with E-state index in [9.17, 15) is 9.59 Å². The average Bonchev–Trinajstić information content (AvgIpc) is 2.84. The number of hydrogen-bond acceptors (Lipinski definition) is 4. The van der Waals surface area contributed by atoms with E-state index in [1.54, 1.807) is 19.9 Å². The van der Waals surface area contributed by atoms with Crippen molar-refractivity contribution in [3.8, 4) is 0 Å². The molecule has 0 atom stereocenters. The van der Waals surface area contributed by atoms with Crippen molar-refractivity contribution < 1.29 is 14.1 Å². The Morgan fingerprint density at radius 2 is 1.96 bits per heavy atom. The zero-order valence-electron chi connectivity index (χ0n) is 13.7. The van der Waals surface area contributed by atoms with Crippen molar-refractivity contribution in [1.82, 2.24) is 15.8 Å². The van der Waals surface area contributed by atoms with Gasteiger partial charge >= 0.3 is 6.03 Å². The Morgan fingerprint density at radius 3 is 2.58 bits per heavy atom. The summed E-state index contributed by atoms with van der Waals surface area (Å²) in [6, 6.07) is 5.11. The summed E-state index contributed by atoms with van der Waals surface area (Å²) in [5.41, 5.74) is 3.21. The molecule has 0 spiro atoms. The number of rotatable bonds is 5. The maximum Gasteiger partial charge on any atom is 0.315 e. The molecule has 1 aromatic carbocycles. The predicted molar refractivity (Wildman–Crippen MR) is 93.7 cm³/mol. The molecule has 1 aromatic heterocycles. The van der Waals surface area contributed by atoms with E-state index in [1.165, 1.54) is 0 Å². The molecule has 128 valence electrons. The lowest BCUT2D eigenvalue weighted by Gasteiger charge is -2.10. The van der Waals surface area contributed by atoms with Gasteiger partial charge in [0.05, 0.1) is 12.2 Å². The summed E-state index contributed by atoms with van der Waals surface area (Å²) in [5.74, 6) is 0.365. The molecular formula is C16H19BrN4O3. The molecule has 3 amide bonds. The van der Waals surface area contributed by atoms with Crippen molar-refractivity contribution >= 4 is 33.6 Å². The molecule has 8 heteroatoms. The van der Waals surface area contributed by atoms with E-state index in [1.807, 2.05) is 19.1 Å². The largest absolute Gasteiger partial charge is 0.361 e. The minimum Gasteiger partial charge on any atom is -0.361 e. The van der Waals surface area contributed by atoms with Gasteiger partial charge in [-0.1, -0.05) is 21.1 Å². The highest BCUT2D eigenvalue weighted by atomic mass is 79.9. The maximum atomic E-state index is 11.9. The number of nitrogens with zero attached hydrogens (tertiary/aromatic N) is 1. The number of anilines is 1. The Labute approximate surface area is 148 Å². The smallest absolute Gasteiger partial charge is 0.315 e. The van der Waals surface area contributed by atoms with Crippen LogP contribution in [-0.4, -0.2) is 23.6 Å². The highest BCUT2D eigenvalue weighted by Crippen LogP contribution is 2.19. The summed E-state index contributed by atoms with van der Waals surface area (Å²) in [6.45, 7) is 5.65. The van der Waals surface area contributed by atoms with Crippen LogP contribution in [0, 0.1) is 20.8 Å². The summed E-state index contributed by atoms with van der Waals surface area (Å²) in [4.78, 5) is 23.7. The van der Waals surface area contributed by atoms with Crippen LogP contribution in [0.4, 0.5) is 10.5 Å². The van der Waals surface area contributed by atoms with Crippen LogP contribution in [0.15, 0.2) is 27.2 Å². The third-order valence-corrected chi connectivity index (χ3v) is 3.97. The van der Waals surface area contributed by atoms with Gasteiger partial charge in [-0.05, 0) is 44.5 Å². The fourth-order valence-corrected chi connectivity index (χ4v) is 2.58. The van der Waals surface area contributed by atoms with Crippen molar-refractivity contribution in [3.63, 3.8) is 0 Å². The number of carbonyl (C=O) groups is 2. The van der Waals surface area contributed by atoms with Gasteiger partial charge in [-0.2, -0.15) is 0 Å². The quantitative estimate of drug-likeness (QED) is 0.726. The minimum atomic E-state index is -0.433. The number of aromatic nitrogens is 1. The predicted octanol–water partition coefficient (Wildman–Crippen LogP) is 2.80. The Balaban J connectivity index is 1.78. The van der Waals surface area contributed by atoms with Crippen molar-refractivity contribution in [3.05, 3.63) is 45.3 Å². The van der Waals surface area contributed by atoms with Crippen LogP contribution in [0.3, 0.4) is 0 Å². The second-order valence-corrected chi connectivity index (χ2v) is 6.26. The summed E-state index contributed by atoms with van der Waals surface area (Å²) >= 11 is 3.37. The zero-order valence-corrected chi connectivity index (χ0v) is 15.3. The van der Waals surface area contributed by atoms with Crippen molar-refractivity contribution in [2.24, 2.45) is 0 Å². The Kier molecular flexibility index (Phi) is 5.97. The van der Waals surface area contributed by atoms with Gasteiger partial charge in [0, 0.05) is 22.3 Å². The van der Waals surface area contributed by atoms with Gasteiger partial charge in [0.2, 0.25) is 5.91 Å². The Hall–Kier alpha value is -2.35. The summed E-state index contributed by atoms with van der Waals surface area (Å²) in [5, 5.41) is 11.7. The van der Waals surface area contributed by atoms with Crippen LogP contribution in [-0.2, 0) is 11.3 Å². The molecule has 7 nitrogen and oxygen atoms in total. The molecule has 0 aliphatic rings. The number of aryl methyl sites for hydroxylation is 3. The molecule has 0 unspecified atom stereocenters. The fourth-order valence-electron chi connectivity index (χ4n) is 2.11. The lowest BCUT2D eigenvalue weighted by molar-refractivity contribution is -0.115. The van der Waals surface area contributed by atoms with Crippen LogP contribution >= 0.6 is 15.9 Å². The average molecular weight is 395 g/mol. The van der Waals surface area contributed by atoms with Gasteiger partial charge in [-0.25, -0.2) is 4.79 Å². The highest BCUT2D eigenvalue weighted by molar-refractivity contribution is 9.10. The molecule has 0 bridgehead atoms. The number of amides is 3. The number of halogens is 1. The SMILES string of the molecule is Cc1cc(Br)ccc1NC(=O)CNC(=O)NCc1c(C)noc1C. The number of nitrogens with one attached hydrogen (secondary N) is 3. The van der Waals surface area contributed by atoms with Gasteiger partial charge in [0.25, 0.3) is 0 Å². The van der Waals surface area contributed by atoms with Crippen molar-refractivity contribution in [2.45, 2.75) is 27.3 Å². The lowest BCUT2D eigenvalue weighted by Crippen LogP contribution is -2.39. The number of benzene rings is 1.